The molecule has 0 unspecified atom stereocenters. The first-order valence-electron chi connectivity index (χ1n) is 6.18. The van der Waals surface area contributed by atoms with Crippen molar-refractivity contribution in [3.8, 4) is 5.75 Å². The van der Waals surface area contributed by atoms with Crippen molar-refractivity contribution in [1.82, 2.24) is 0 Å². The lowest BCUT2D eigenvalue weighted by molar-refractivity contribution is 0.407. The normalized spacial score (nSPS) is 18.4. The smallest absolute Gasteiger partial charge is 0.137 e. The molecule has 1 aliphatic carbocycles. The van der Waals surface area contributed by atoms with Gasteiger partial charge in [-0.1, -0.05) is 30.5 Å². The Bertz CT molecular complexity index is 411. The molecule has 0 aromatic heterocycles. The minimum absolute atomic E-state index is 0.0652. The summed E-state index contributed by atoms with van der Waals surface area (Å²) in [6, 6.07) is 4.01. The molecule has 1 aliphatic rings. The van der Waals surface area contributed by atoms with Crippen molar-refractivity contribution < 1.29 is 4.74 Å². The van der Waals surface area contributed by atoms with Crippen molar-refractivity contribution in [1.29, 1.82) is 0 Å². The molecule has 2 N–H and O–H groups in total. The standard InChI is InChI=1S/C14H20ClNO/c1-10-5-6-11(17-2)13(15)12(10)14(9-16)7-3-4-8-14/h5-6H,3-4,7-9,16H2,1-2H3. The zero-order chi connectivity index (χ0) is 12.5. The van der Waals surface area contributed by atoms with E-state index in [1.54, 1.807) is 7.11 Å². The molecule has 3 heteroatoms. The van der Waals surface area contributed by atoms with Crippen LogP contribution in [0.4, 0.5) is 0 Å². The lowest BCUT2D eigenvalue weighted by Crippen LogP contribution is -2.33. The molecule has 0 saturated heterocycles. The molecule has 17 heavy (non-hydrogen) atoms. The first kappa shape index (κ1) is 12.7. The molecule has 94 valence electrons. The second-order valence-corrected chi connectivity index (χ2v) is 5.34. The topological polar surface area (TPSA) is 35.2 Å². The highest BCUT2D eigenvalue weighted by atomic mass is 35.5. The number of benzene rings is 1. The van der Waals surface area contributed by atoms with Crippen LogP contribution in [0, 0.1) is 6.92 Å². The Hall–Kier alpha value is -0.730. The van der Waals surface area contributed by atoms with Gasteiger partial charge in [-0.05, 0) is 37.0 Å². The van der Waals surface area contributed by atoms with Gasteiger partial charge in [0, 0.05) is 12.0 Å². The summed E-state index contributed by atoms with van der Waals surface area (Å²) in [5, 5.41) is 0.750. The van der Waals surface area contributed by atoms with Gasteiger partial charge in [0.2, 0.25) is 0 Å². The Morgan fingerprint density at radius 2 is 2.00 bits per heavy atom. The van der Waals surface area contributed by atoms with Gasteiger partial charge in [0.25, 0.3) is 0 Å². The molecule has 1 aromatic rings. The first-order chi connectivity index (χ1) is 8.14. The van der Waals surface area contributed by atoms with Crippen molar-refractivity contribution in [3.05, 3.63) is 28.3 Å². The first-order valence-corrected chi connectivity index (χ1v) is 6.56. The third-order valence-corrected chi connectivity index (χ3v) is 4.39. The van der Waals surface area contributed by atoms with E-state index in [-0.39, 0.29) is 5.41 Å². The van der Waals surface area contributed by atoms with Crippen LogP contribution in [0.15, 0.2) is 12.1 Å². The number of rotatable bonds is 3. The molecule has 1 aromatic carbocycles. The maximum absolute atomic E-state index is 6.48. The van der Waals surface area contributed by atoms with Gasteiger partial charge < -0.3 is 10.5 Å². The van der Waals surface area contributed by atoms with E-state index in [4.69, 9.17) is 22.1 Å². The third-order valence-electron chi connectivity index (χ3n) is 4.02. The summed E-state index contributed by atoms with van der Waals surface area (Å²) < 4.78 is 5.32. The van der Waals surface area contributed by atoms with Gasteiger partial charge in [-0.3, -0.25) is 0 Å². The fourth-order valence-electron chi connectivity index (χ4n) is 3.07. The fraction of sp³-hybridized carbons (Fsp3) is 0.571. The Labute approximate surface area is 108 Å². The highest BCUT2D eigenvalue weighted by Crippen LogP contribution is 2.46. The van der Waals surface area contributed by atoms with E-state index in [1.165, 1.54) is 24.0 Å². The minimum atomic E-state index is 0.0652. The lowest BCUT2D eigenvalue weighted by Gasteiger charge is -2.31. The van der Waals surface area contributed by atoms with Crippen molar-refractivity contribution >= 4 is 11.6 Å². The van der Waals surface area contributed by atoms with Crippen LogP contribution >= 0.6 is 11.6 Å². The van der Waals surface area contributed by atoms with Crippen LogP contribution < -0.4 is 10.5 Å². The SMILES string of the molecule is COc1ccc(C)c(C2(CN)CCCC2)c1Cl. The van der Waals surface area contributed by atoms with E-state index in [9.17, 15) is 0 Å². The van der Waals surface area contributed by atoms with Crippen molar-refractivity contribution in [2.75, 3.05) is 13.7 Å². The summed E-state index contributed by atoms with van der Waals surface area (Å²) in [5.74, 6) is 0.756. The van der Waals surface area contributed by atoms with Crippen LogP contribution in [0.5, 0.6) is 5.75 Å². The van der Waals surface area contributed by atoms with Gasteiger partial charge in [-0.25, -0.2) is 0 Å². The molecule has 1 fully saturated rings. The summed E-state index contributed by atoms with van der Waals surface area (Å²) in [5.41, 5.74) is 8.53. The van der Waals surface area contributed by atoms with E-state index >= 15 is 0 Å². The van der Waals surface area contributed by atoms with Crippen LogP contribution in [0.2, 0.25) is 5.02 Å². The molecular formula is C14H20ClNO. The van der Waals surface area contributed by atoms with Gasteiger partial charge >= 0.3 is 0 Å². The number of hydrogen-bond acceptors (Lipinski definition) is 2. The van der Waals surface area contributed by atoms with E-state index in [0.717, 1.165) is 23.6 Å². The quantitative estimate of drug-likeness (QED) is 0.896. The van der Waals surface area contributed by atoms with E-state index in [0.29, 0.717) is 6.54 Å². The Morgan fingerprint density at radius 1 is 1.35 bits per heavy atom. The fourth-order valence-corrected chi connectivity index (χ4v) is 3.56. The summed E-state index contributed by atoms with van der Waals surface area (Å²) in [4.78, 5) is 0. The average molecular weight is 254 g/mol. The second-order valence-electron chi connectivity index (χ2n) is 4.97. The minimum Gasteiger partial charge on any atom is -0.495 e. The summed E-state index contributed by atoms with van der Waals surface area (Å²) in [6.07, 6.45) is 4.75. The maximum Gasteiger partial charge on any atom is 0.137 e. The second kappa shape index (κ2) is 4.87. The highest BCUT2D eigenvalue weighted by Gasteiger charge is 2.37. The number of hydrogen-bond donors (Lipinski definition) is 1. The van der Waals surface area contributed by atoms with Crippen molar-refractivity contribution in [2.24, 2.45) is 5.73 Å². The molecule has 0 radical (unpaired) electrons. The van der Waals surface area contributed by atoms with Gasteiger partial charge in [0.15, 0.2) is 0 Å². The van der Waals surface area contributed by atoms with Crippen LogP contribution in [-0.4, -0.2) is 13.7 Å². The van der Waals surface area contributed by atoms with E-state index in [2.05, 4.69) is 13.0 Å². The van der Waals surface area contributed by atoms with Gasteiger partial charge in [-0.2, -0.15) is 0 Å². The van der Waals surface area contributed by atoms with Crippen LogP contribution in [-0.2, 0) is 5.41 Å². The zero-order valence-corrected chi connectivity index (χ0v) is 11.3. The van der Waals surface area contributed by atoms with Crippen LogP contribution in [0.25, 0.3) is 0 Å². The monoisotopic (exact) mass is 253 g/mol. The third kappa shape index (κ3) is 2.04. The molecule has 0 atom stereocenters. The van der Waals surface area contributed by atoms with Crippen molar-refractivity contribution in [2.45, 2.75) is 38.0 Å². The molecule has 0 spiro atoms. The van der Waals surface area contributed by atoms with Gasteiger partial charge in [0.05, 0.1) is 12.1 Å². The van der Waals surface area contributed by atoms with Gasteiger partial charge in [0.1, 0.15) is 5.75 Å². The number of methoxy groups -OCH3 is 1. The van der Waals surface area contributed by atoms with Crippen LogP contribution in [0.1, 0.15) is 36.8 Å². The number of halogens is 1. The highest BCUT2D eigenvalue weighted by molar-refractivity contribution is 6.33. The molecule has 2 rings (SSSR count). The Morgan fingerprint density at radius 3 is 2.53 bits per heavy atom. The van der Waals surface area contributed by atoms with Gasteiger partial charge in [-0.15, -0.1) is 0 Å². The Balaban J connectivity index is 2.56. The zero-order valence-electron chi connectivity index (χ0n) is 10.6. The summed E-state index contributed by atoms with van der Waals surface area (Å²) >= 11 is 6.48. The van der Waals surface area contributed by atoms with Crippen LogP contribution in [0.3, 0.4) is 0 Å². The molecule has 0 heterocycles. The summed E-state index contributed by atoms with van der Waals surface area (Å²) in [6.45, 7) is 2.77. The lowest BCUT2D eigenvalue weighted by atomic mass is 9.77. The predicted molar refractivity (Wildman–Crippen MR) is 71.9 cm³/mol. The molecular weight excluding hydrogens is 234 g/mol. The number of nitrogens with two attached hydrogens (primary N) is 1. The molecule has 0 amide bonds. The number of ether oxygens (including phenoxy) is 1. The molecule has 2 nitrogen and oxygen atoms in total. The van der Waals surface area contributed by atoms with Crippen molar-refractivity contribution in [3.63, 3.8) is 0 Å². The average Bonchev–Trinajstić information content (AvgIpc) is 2.79. The largest absolute Gasteiger partial charge is 0.495 e. The number of aryl methyl sites for hydroxylation is 1. The predicted octanol–water partition coefficient (Wildman–Crippen LogP) is 3.43. The molecule has 0 aliphatic heterocycles. The molecule has 1 saturated carbocycles. The van der Waals surface area contributed by atoms with E-state index in [1.807, 2.05) is 6.07 Å². The molecule has 0 bridgehead atoms. The maximum atomic E-state index is 6.48. The Kier molecular flexibility index (Phi) is 3.64. The van der Waals surface area contributed by atoms with E-state index < -0.39 is 0 Å². The summed E-state index contributed by atoms with van der Waals surface area (Å²) in [7, 11) is 1.66.